The predicted molar refractivity (Wildman–Crippen MR) is 87.9 cm³/mol. The number of anilines is 2. The number of carbonyl (C=O) groups excluding carboxylic acids is 2. The average molecular weight is 317 g/mol. The van der Waals surface area contributed by atoms with Crippen LogP contribution in [0.4, 0.5) is 11.4 Å². The number of nitrogens with one attached hydrogen (secondary N) is 3. The first-order chi connectivity index (χ1) is 10.5. The number of hydrogen-bond acceptors (Lipinski definition) is 4. The molecule has 22 heavy (non-hydrogen) atoms. The van der Waals surface area contributed by atoms with Gasteiger partial charge in [0.15, 0.2) is 10.9 Å². The second kappa shape index (κ2) is 6.86. The molecular weight excluding hydrogens is 302 g/mol. The Kier molecular flexibility index (Phi) is 4.90. The standard InChI is InChI=1S/C15H15N3O3S/c1-9-5-6-11(17-14(20)13-4-3-7-21-13)8-12(9)18-15(22)16-10(2)19/h3-8H,1-2H3,(H,17,20)(H2,16,18,19,22). The number of carbonyl (C=O) groups is 2. The molecule has 0 atom stereocenters. The van der Waals surface area contributed by atoms with Crippen LogP contribution in [0.2, 0.25) is 0 Å². The number of hydrogen-bond donors (Lipinski definition) is 3. The molecule has 114 valence electrons. The third-order valence-corrected chi connectivity index (χ3v) is 2.98. The minimum atomic E-state index is -0.343. The Labute approximate surface area is 132 Å². The molecule has 0 radical (unpaired) electrons. The molecule has 1 aromatic carbocycles. The van der Waals surface area contributed by atoms with Crippen molar-refractivity contribution in [3.05, 3.63) is 47.9 Å². The van der Waals surface area contributed by atoms with Crippen molar-refractivity contribution in [1.82, 2.24) is 5.32 Å². The van der Waals surface area contributed by atoms with Crippen LogP contribution in [0.1, 0.15) is 23.0 Å². The molecule has 0 fully saturated rings. The SMILES string of the molecule is CC(=O)NC(=S)Nc1cc(NC(=O)c2ccco2)ccc1C. The molecule has 0 aliphatic rings. The Balaban J connectivity index is 2.11. The monoisotopic (exact) mass is 317 g/mol. The lowest BCUT2D eigenvalue weighted by molar-refractivity contribution is -0.117. The van der Waals surface area contributed by atoms with E-state index in [0.29, 0.717) is 11.4 Å². The Morgan fingerprint density at radius 3 is 2.59 bits per heavy atom. The zero-order valence-corrected chi connectivity index (χ0v) is 12.9. The van der Waals surface area contributed by atoms with Gasteiger partial charge in [-0.3, -0.25) is 9.59 Å². The molecule has 2 aromatic rings. The second-order valence-corrected chi connectivity index (χ2v) is 5.00. The molecule has 3 N–H and O–H groups in total. The number of furan rings is 1. The number of benzene rings is 1. The van der Waals surface area contributed by atoms with Gasteiger partial charge in [0.05, 0.1) is 6.26 Å². The predicted octanol–water partition coefficient (Wildman–Crippen LogP) is 2.67. The summed E-state index contributed by atoms with van der Waals surface area (Å²) in [7, 11) is 0. The summed E-state index contributed by atoms with van der Waals surface area (Å²) in [5, 5.41) is 8.32. The van der Waals surface area contributed by atoms with Crippen molar-refractivity contribution in [3.8, 4) is 0 Å². The summed E-state index contributed by atoms with van der Waals surface area (Å²) in [6.07, 6.45) is 1.43. The molecule has 7 heteroatoms. The molecule has 2 rings (SSSR count). The fourth-order valence-corrected chi connectivity index (χ4v) is 2.00. The van der Waals surface area contributed by atoms with Crippen LogP contribution in [0.3, 0.4) is 0 Å². The topological polar surface area (TPSA) is 83.4 Å². The summed E-state index contributed by atoms with van der Waals surface area (Å²) in [6.45, 7) is 3.26. The molecule has 0 saturated heterocycles. The van der Waals surface area contributed by atoms with Crippen LogP contribution in [0.25, 0.3) is 0 Å². The van der Waals surface area contributed by atoms with Crippen molar-refractivity contribution >= 4 is 40.5 Å². The summed E-state index contributed by atoms with van der Waals surface area (Å²) in [6, 6.07) is 8.54. The highest BCUT2D eigenvalue weighted by Gasteiger charge is 2.10. The van der Waals surface area contributed by atoms with E-state index in [1.807, 2.05) is 13.0 Å². The van der Waals surface area contributed by atoms with E-state index in [9.17, 15) is 9.59 Å². The molecule has 0 spiro atoms. The molecule has 0 aliphatic heterocycles. The highest BCUT2D eigenvalue weighted by molar-refractivity contribution is 7.80. The van der Waals surface area contributed by atoms with E-state index in [4.69, 9.17) is 16.6 Å². The van der Waals surface area contributed by atoms with Crippen LogP contribution in [-0.4, -0.2) is 16.9 Å². The Morgan fingerprint density at radius 2 is 1.95 bits per heavy atom. The normalized spacial score (nSPS) is 9.91. The van der Waals surface area contributed by atoms with Crippen molar-refractivity contribution in [2.24, 2.45) is 0 Å². The van der Waals surface area contributed by atoms with Gasteiger partial charge in [0, 0.05) is 18.3 Å². The van der Waals surface area contributed by atoms with E-state index in [0.717, 1.165) is 5.56 Å². The van der Waals surface area contributed by atoms with Gasteiger partial charge < -0.3 is 20.4 Å². The first-order valence-corrected chi connectivity index (χ1v) is 6.90. The molecule has 2 amide bonds. The van der Waals surface area contributed by atoms with E-state index in [2.05, 4.69) is 16.0 Å². The Hall–Kier alpha value is -2.67. The third-order valence-electron chi connectivity index (χ3n) is 2.78. The van der Waals surface area contributed by atoms with Gasteiger partial charge in [-0.15, -0.1) is 0 Å². The highest BCUT2D eigenvalue weighted by atomic mass is 32.1. The van der Waals surface area contributed by atoms with Gasteiger partial charge in [-0.1, -0.05) is 6.07 Å². The first kappa shape index (κ1) is 15.7. The van der Waals surface area contributed by atoms with Gasteiger partial charge in [-0.05, 0) is 49.0 Å². The number of thiocarbonyl (C=S) groups is 1. The Bertz CT molecular complexity index is 711. The van der Waals surface area contributed by atoms with Crippen LogP contribution in [0, 0.1) is 6.92 Å². The number of amides is 2. The summed E-state index contributed by atoms with van der Waals surface area (Å²) < 4.78 is 5.03. The summed E-state index contributed by atoms with van der Waals surface area (Å²) in [5.41, 5.74) is 2.19. The molecule has 0 unspecified atom stereocenters. The largest absolute Gasteiger partial charge is 0.459 e. The summed E-state index contributed by atoms with van der Waals surface area (Å²) >= 11 is 5.02. The first-order valence-electron chi connectivity index (χ1n) is 6.50. The zero-order chi connectivity index (χ0) is 16.1. The van der Waals surface area contributed by atoms with E-state index in [1.54, 1.807) is 24.3 Å². The van der Waals surface area contributed by atoms with Crippen LogP contribution in [0.15, 0.2) is 41.0 Å². The lowest BCUT2D eigenvalue weighted by atomic mass is 10.2. The number of aryl methyl sites for hydroxylation is 1. The van der Waals surface area contributed by atoms with Gasteiger partial charge in [-0.2, -0.15) is 0 Å². The fraction of sp³-hybridized carbons (Fsp3) is 0.133. The average Bonchev–Trinajstić information content (AvgIpc) is 2.95. The maximum atomic E-state index is 11.9. The third kappa shape index (κ3) is 4.16. The van der Waals surface area contributed by atoms with Crippen molar-refractivity contribution in [1.29, 1.82) is 0 Å². The van der Waals surface area contributed by atoms with Crippen molar-refractivity contribution in [3.63, 3.8) is 0 Å². The second-order valence-electron chi connectivity index (χ2n) is 4.60. The Morgan fingerprint density at radius 1 is 1.18 bits per heavy atom. The van der Waals surface area contributed by atoms with Gasteiger partial charge >= 0.3 is 0 Å². The minimum Gasteiger partial charge on any atom is -0.459 e. The van der Waals surface area contributed by atoms with Crippen molar-refractivity contribution in [2.45, 2.75) is 13.8 Å². The molecular formula is C15H15N3O3S. The molecule has 0 saturated carbocycles. The quantitative estimate of drug-likeness (QED) is 0.758. The van der Waals surface area contributed by atoms with E-state index >= 15 is 0 Å². The zero-order valence-electron chi connectivity index (χ0n) is 12.1. The highest BCUT2D eigenvalue weighted by Crippen LogP contribution is 2.21. The van der Waals surface area contributed by atoms with Crippen LogP contribution in [-0.2, 0) is 4.79 Å². The molecule has 0 bridgehead atoms. The maximum Gasteiger partial charge on any atom is 0.291 e. The van der Waals surface area contributed by atoms with Crippen LogP contribution < -0.4 is 16.0 Å². The number of rotatable bonds is 3. The van der Waals surface area contributed by atoms with Crippen LogP contribution >= 0.6 is 12.2 Å². The molecule has 1 aromatic heterocycles. The minimum absolute atomic E-state index is 0.199. The molecule has 6 nitrogen and oxygen atoms in total. The lowest BCUT2D eigenvalue weighted by Gasteiger charge is -2.12. The van der Waals surface area contributed by atoms with Crippen molar-refractivity contribution < 1.29 is 14.0 Å². The van der Waals surface area contributed by atoms with E-state index in [-0.39, 0.29) is 22.7 Å². The van der Waals surface area contributed by atoms with Crippen molar-refractivity contribution in [2.75, 3.05) is 10.6 Å². The molecule has 1 heterocycles. The maximum absolute atomic E-state index is 11.9. The molecule has 0 aliphatic carbocycles. The fourth-order valence-electron chi connectivity index (χ4n) is 1.75. The smallest absolute Gasteiger partial charge is 0.291 e. The van der Waals surface area contributed by atoms with E-state index in [1.165, 1.54) is 13.2 Å². The summed E-state index contributed by atoms with van der Waals surface area (Å²) in [4.78, 5) is 22.9. The van der Waals surface area contributed by atoms with Gasteiger partial charge in [0.2, 0.25) is 5.91 Å². The van der Waals surface area contributed by atoms with Gasteiger partial charge in [0.25, 0.3) is 5.91 Å². The van der Waals surface area contributed by atoms with Gasteiger partial charge in [-0.25, -0.2) is 0 Å². The lowest BCUT2D eigenvalue weighted by Crippen LogP contribution is -2.32. The van der Waals surface area contributed by atoms with E-state index < -0.39 is 0 Å². The van der Waals surface area contributed by atoms with Crippen LogP contribution in [0.5, 0.6) is 0 Å². The summed E-state index contributed by atoms with van der Waals surface area (Å²) in [5.74, 6) is -0.370. The van der Waals surface area contributed by atoms with Gasteiger partial charge in [0.1, 0.15) is 0 Å².